The zero-order valence-electron chi connectivity index (χ0n) is 25.0. The minimum Gasteiger partial charge on any atom is -0.324 e. The van der Waals surface area contributed by atoms with Gasteiger partial charge in [-0.3, -0.25) is 10.9 Å². The van der Waals surface area contributed by atoms with Gasteiger partial charge in [0.2, 0.25) is 26.0 Å². The highest BCUT2D eigenvalue weighted by atomic mass is 32.2. The Kier molecular flexibility index (Phi) is 10.2. The van der Waals surface area contributed by atoms with E-state index in [-0.39, 0.29) is 27.4 Å². The smallest absolute Gasteiger partial charge is 0.240 e. The van der Waals surface area contributed by atoms with Crippen molar-refractivity contribution in [3.05, 3.63) is 95.3 Å². The Balaban J connectivity index is 1.61. The molecular weight excluding hydrogens is 622 g/mol. The first-order valence-corrected chi connectivity index (χ1v) is 16.4. The molecule has 0 saturated heterocycles. The molecule has 13 nitrogen and oxygen atoms in total. The van der Waals surface area contributed by atoms with E-state index in [2.05, 4.69) is 45.8 Å². The number of hydrogen-bond donors (Lipinski definition) is 5. The molecule has 1 heterocycles. The summed E-state index contributed by atoms with van der Waals surface area (Å²) in [7, 11) is -4.46. The average molecular weight is 654 g/mol. The van der Waals surface area contributed by atoms with Crippen molar-refractivity contribution >= 4 is 54.7 Å². The number of nitrogens with one attached hydrogen (secondary N) is 5. The lowest BCUT2D eigenvalue weighted by Gasteiger charge is -2.12. The van der Waals surface area contributed by atoms with E-state index in [1.165, 1.54) is 50.5 Å². The van der Waals surface area contributed by atoms with Crippen LogP contribution >= 0.6 is 0 Å². The predicted molar refractivity (Wildman–Crippen MR) is 173 cm³/mol. The summed E-state index contributed by atoms with van der Waals surface area (Å²) in [6.45, 7) is 5.29. The van der Waals surface area contributed by atoms with E-state index >= 15 is 0 Å². The van der Waals surface area contributed by atoms with Gasteiger partial charge in [0.1, 0.15) is 5.82 Å². The highest BCUT2D eigenvalue weighted by molar-refractivity contribution is 7.89. The fourth-order valence-electron chi connectivity index (χ4n) is 3.86. The van der Waals surface area contributed by atoms with Crippen LogP contribution in [0, 0.1) is 12.7 Å². The van der Waals surface area contributed by atoms with Crippen molar-refractivity contribution in [2.45, 2.75) is 30.6 Å². The summed E-state index contributed by atoms with van der Waals surface area (Å²) in [5, 5.41) is 11.8. The SMILES string of the molecule is CNS(=O)(=O)c1ccc(C(C)=NNc2cc(NN=C(C)c3ccc(S(=O)(=O)NC)cc3)nc(Nc3cc(F)ccc3C)n2)cc1. The summed E-state index contributed by atoms with van der Waals surface area (Å²) in [6, 6.07) is 18.3. The van der Waals surface area contributed by atoms with Gasteiger partial charge in [0.15, 0.2) is 11.6 Å². The molecule has 3 aromatic carbocycles. The number of benzene rings is 3. The predicted octanol–water partition coefficient (Wildman–Crippen LogP) is 4.16. The summed E-state index contributed by atoms with van der Waals surface area (Å²) >= 11 is 0. The number of sulfonamides is 2. The Morgan fingerprint density at radius 1 is 0.689 bits per heavy atom. The van der Waals surface area contributed by atoms with Crippen LogP contribution in [0.4, 0.5) is 27.7 Å². The molecule has 0 saturated carbocycles. The van der Waals surface area contributed by atoms with Gasteiger partial charge in [-0.15, -0.1) is 0 Å². The van der Waals surface area contributed by atoms with Crippen molar-refractivity contribution in [3.8, 4) is 0 Å². The number of nitrogens with zero attached hydrogens (tertiary/aromatic N) is 4. The van der Waals surface area contributed by atoms with E-state index < -0.39 is 25.9 Å². The molecule has 0 bridgehead atoms. The molecule has 4 rings (SSSR count). The third-order valence-electron chi connectivity index (χ3n) is 6.55. The highest BCUT2D eigenvalue weighted by Crippen LogP contribution is 2.23. The van der Waals surface area contributed by atoms with Crippen molar-refractivity contribution in [1.29, 1.82) is 0 Å². The van der Waals surface area contributed by atoms with Crippen molar-refractivity contribution < 1.29 is 21.2 Å². The fraction of sp³-hybridized carbons (Fsp3) is 0.172. The van der Waals surface area contributed by atoms with E-state index in [0.29, 0.717) is 28.2 Å². The number of hydrazone groups is 2. The minimum atomic E-state index is -3.57. The number of hydrogen-bond acceptors (Lipinski definition) is 11. The molecule has 5 N–H and O–H groups in total. The maximum Gasteiger partial charge on any atom is 0.240 e. The van der Waals surface area contributed by atoms with Crippen LogP contribution in [0.1, 0.15) is 30.5 Å². The lowest BCUT2D eigenvalue weighted by molar-refractivity contribution is 0.586. The Labute approximate surface area is 261 Å². The van der Waals surface area contributed by atoms with Gasteiger partial charge in [0.05, 0.1) is 21.2 Å². The van der Waals surface area contributed by atoms with Crippen molar-refractivity contribution in [1.82, 2.24) is 19.4 Å². The Hall–Kier alpha value is -4.77. The summed E-state index contributed by atoms with van der Waals surface area (Å²) in [4.78, 5) is 9.14. The van der Waals surface area contributed by atoms with Gasteiger partial charge in [-0.2, -0.15) is 20.2 Å². The molecule has 4 aromatic rings. The van der Waals surface area contributed by atoms with Crippen LogP contribution in [-0.2, 0) is 20.0 Å². The third kappa shape index (κ3) is 8.45. The van der Waals surface area contributed by atoms with Gasteiger partial charge >= 0.3 is 0 Å². The number of rotatable bonds is 12. The maximum atomic E-state index is 14.0. The first-order valence-electron chi connectivity index (χ1n) is 13.4. The topological polar surface area (TPSA) is 179 Å². The van der Waals surface area contributed by atoms with Crippen molar-refractivity contribution in [2.24, 2.45) is 10.2 Å². The second-order valence-electron chi connectivity index (χ2n) is 9.63. The number of aryl methyl sites for hydroxylation is 1. The molecule has 0 spiro atoms. The van der Waals surface area contributed by atoms with Gasteiger partial charge < -0.3 is 5.32 Å². The van der Waals surface area contributed by atoms with E-state index in [1.54, 1.807) is 50.2 Å². The summed E-state index contributed by atoms with van der Waals surface area (Å²) in [6.07, 6.45) is 0. The summed E-state index contributed by atoms with van der Waals surface area (Å²) in [5.41, 5.74) is 9.42. The second kappa shape index (κ2) is 13.9. The van der Waals surface area contributed by atoms with Gasteiger partial charge in [-0.25, -0.2) is 30.7 Å². The highest BCUT2D eigenvalue weighted by Gasteiger charge is 2.13. The molecule has 0 atom stereocenters. The van der Waals surface area contributed by atoms with Gasteiger partial charge in [0, 0.05) is 11.8 Å². The maximum absolute atomic E-state index is 14.0. The molecule has 1 aromatic heterocycles. The van der Waals surface area contributed by atoms with Crippen LogP contribution in [0.2, 0.25) is 0 Å². The molecule has 236 valence electrons. The van der Waals surface area contributed by atoms with Crippen LogP contribution in [0.25, 0.3) is 0 Å². The zero-order valence-corrected chi connectivity index (χ0v) is 26.7. The first kappa shape index (κ1) is 33.1. The van der Waals surface area contributed by atoms with Crippen LogP contribution in [0.5, 0.6) is 0 Å². The standard InChI is InChI=1S/C29H32FN9O4S2/c1-18-6-11-23(30)16-26(18)33-29-34-27(38-36-19(2)21-7-12-24(13-8-21)44(40,41)31-4)17-28(35-29)39-37-20(3)22-9-14-25(15-10-22)45(42,43)32-5/h6-17,31-32H,1-5H3,(H3,33,34,35,38,39). The molecular formula is C29H32FN9O4S2. The Morgan fingerprint density at radius 3 is 1.56 bits per heavy atom. The number of aromatic nitrogens is 2. The monoisotopic (exact) mass is 653 g/mol. The lowest BCUT2D eigenvalue weighted by atomic mass is 10.1. The van der Waals surface area contributed by atoms with Crippen LogP contribution in [0.3, 0.4) is 0 Å². The molecule has 0 unspecified atom stereocenters. The fourth-order valence-corrected chi connectivity index (χ4v) is 5.32. The lowest BCUT2D eigenvalue weighted by Crippen LogP contribution is -2.18. The second-order valence-corrected chi connectivity index (χ2v) is 13.4. The minimum absolute atomic E-state index is 0.124. The van der Waals surface area contributed by atoms with E-state index in [9.17, 15) is 21.2 Å². The molecule has 0 fully saturated rings. The normalized spacial score (nSPS) is 12.6. The molecule has 0 aliphatic carbocycles. The third-order valence-corrected chi connectivity index (χ3v) is 9.41. The van der Waals surface area contributed by atoms with Crippen molar-refractivity contribution in [3.63, 3.8) is 0 Å². The average Bonchev–Trinajstić information content (AvgIpc) is 3.04. The molecule has 0 aliphatic rings. The van der Waals surface area contributed by atoms with Crippen molar-refractivity contribution in [2.75, 3.05) is 30.3 Å². The molecule has 0 aliphatic heterocycles. The molecule has 0 radical (unpaired) electrons. The number of halogens is 1. The quantitative estimate of drug-likeness (QED) is 0.111. The van der Waals surface area contributed by atoms with Gasteiger partial charge in [-0.05, 0) is 88.0 Å². The van der Waals surface area contributed by atoms with Gasteiger partial charge in [-0.1, -0.05) is 30.3 Å². The first-order chi connectivity index (χ1) is 21.3. The Bertz CT molecular complexity index is 1850. The van der Waals surface area contributed by atoms with E-state index in [4.69, 9.17) is 0 Å². The van der Waals surface area contributed by atoms with Gasteiger partial charge in [0.25, 0.3) is 0 Å². The van der Waals surface area contributed by atoms with Crippen LogP contribution in [-0.4, -0.2) is 52.3 Å². The Morgan fingerprint density at radius 2 is 1.13 bits per heavy atom. The summed E-state index contributed by atoms with van der Waals surface area (Å²) < 4.78 is 66.6. The number of anilines is 4. The summed E-state index contributed by atoms with van der Waals surface area (Å²) in [5.74, 6) is 0.234. The zero-order chi connectivity index (χ0) is 32.8. The molecule has 0 amide bonds. The van der Waals surface area contributed by atoms with Crippen LogP contribution in [0.15, 0.2) is 92.8 Å². The van der Waals surface area contributed by atoms with E-state index in [1.807, 2.05) is 6.92 Å². The molecule has 16 heteroatoms. The molecule has 45 heavy (non-hydrogen) atoms. The van der Waals surface area contributed by atoms with Crippen LogP contribution < -0.4 is 25.6 Å². The largest absolute Gasteiger partial charge is 0.324 e. The van der Waals surface area contributed by atoms with E-state index in [0.717, 1.165) is 5.56 Å².